The summed E-state index contributed by atoms with van der Waals surface area (Å²) in [6, 6.07) is 3.13. The van der Waals surface area contributed by atoms with Gasteiger partial charge in [-0.25, -0.2) is 0 Å². The highest BCUT2D eigenvalue weighted by Crippen LogP contribution is 2.44. The lowest BCUT2D eigenvalue weighted by molar-refractivity contribution is 0.0661. The highest BCUT2D eigenvalue weighted by atomic mass is 15.0. The maximum Gasteiger partial charge on any atom is 0.110 e. The molecule has 0 aromatic heterocycles. The lowest BCUT2D eigenvalue weighted by Gasteiger charge is -2.49. The summed E-state index contributed by atoms with van der Waals surface area (Å²) in [6.07, 6.45) is 6.25. The largest absolute Gasteiger partial charge is 0.296 e. The van der Waals surface area contributed by atoms with Gasteiger partial charge in [0.25, 0.3) is 0 Å². The van der Waals surface area contributed by atoms with E-state index in [1.54, 1.807) is 0 Å². The zero-order valence-electron chi connectivity index (χ0n) is 9.21. The quantitative estimate of drug-likeness (QED) is 0.729. The van der Waals surface area contributed by atoms with E-state index in [0.717, 1.165) is 6.42 Å². The van der Waals surface area contributed by atoms with Crippen molar-refractivity contribution in [1.29, 1.82) is 5.26 Å². The molecule has 1 N–H and O–H groups in total. The third kappa shape index (κ3) is 1.44. The topological polar surface area (TPSA) is 35.8 Å². The first-order valence-corrected chi connectivity index (χ1v) is 5.87. The van der Waals surface area contributed by atoms with Gasteiger partial charge in [0.1, 0.15) is 5.54 Å². The van der Waals surface area contributed by atoms with E-state index in [2.05, 4.69) is 25.2 Å². The van der Waals surface area contributed by atoms with E-state index < -0.39 is 0 Å². The Labute approximate surface area is 86.7 Å². The third-order valence-electron chi connectivity index (χ3n) is 4.29. The Morgan fingerprint density at radius 1 is 1.29 bits per heavy atom. The van der Waals surface area contributed by atoms with Crippen LogP contribution in [-0.4, -0.2) is 11.6 Å². The second kappa shape index (κ2) is 3.55. The molecule has 78 valence electrons. The van der Waals surface area contributed by atoms with Crippen molar-refractivity contribution in [1.82, 2.24) is 5.32 Å². The van der Waals surface area contributed by atoms with Crippen LogP contribution in [0.5, 0.6) is 0 Å². The summed E-state index contributed by atoms with van der Waals surface area (Å²) in [5.74, 6) is 1.23. The fourth-order valence-electron chi connectivity index (χ4n) is 3.00. The molecule has 0 aliphatic heterocycles. The smallest absolute Gasteiger partial charge is 0.110 e. The molecule has 0 aromatic rings. The summed E-state index contributed by atoms with van der Waals surface area (Å²) < 4.78 is 0. The molecule has 2 rings (SSSR count). The summed E-state index contributed by atoms with van der Waals surface area (Å²) >= 11 is 0. The summed E-state index contributed by atoms with van der Waals surface area (Å²) in [5, 5.41) is 12.9. The highest BCUT2D eigenvalue weighted by Gasteiger charge is 2.50. The van der Waals surface area contributed by atoms with Gasteiger partial charge in [-0.15, -0.1) is 0 Å². The van der Waals surface area contributed by atoms with Crippen molar-refractivity contribution in [3.8, 4) is 6.07 Å². The minimum absolute atomic E-state index is 0.186. The summed E-state index contributed by atoms with van der Waals surface area (Å²) in [4.78, 5) is 0. The van der Waals surface area contributed by atoms with Crippen LogP contribution in [0.15, 0.2) is 0 Å². The molecule has 2 nitrogen and oxygen atoms in total. The average molecular weight is 192 g/mol. The van der Waals surface area contributed by atoms with E-state index in [-0.39, 0.29) is 5.54 Å². The molecule has 0 radical (unpaired) electrons. The molecule has 3 unspecified atom stereocenters. The second-order valence-electron chi connectivity index (χ2n) is 5.18. The summed E-state index contributed by atoms with van der Waals surface area (Å²) in [5.41, 5.74) is -0.186. The van der Waals surface area contributed by atoms with E-state index in [1.807, 2.05) is 0 Å². The molecule has 2 saturated carbocycles. The van der Waals surface area contributed by atoms with Gasteiger partial charge in [-0.05, 0) is 31.1 Å². The van der Waals surface area contributed by atoms with Gasteiger partial charge < -0.3 is 0 Å². The molecule has 14 heavy (non-hydrogen) atoms. The van der Waals surface area contributed by atoms with Crippen molar-refractivity contribution in [2.45, 2.75) is 57.5 Å². The van der Waals surface area contributed by atoms with Crippen LogP contribution < -0.4 is 5.32 Å². The first kappa shape index (κ1) is 9.98. The molecule has 0 spiro atoms. The first-order chi connectivity index (χ1) is 6.68. The van der Waals surface area contributed by atoms with E-state index in [1.165, 1.54) is 25.7 Å². The van der Waals surface area contributed by atoms with Crippen LogP contribution in [0.25, 0.3) is 0 Å². The van der Waals surface area contributed by atoms with Crippen LogP contribution in [0.4, 0.5) is 0 Å². The Morgan fingerprint density at radius 3 is 2.36 bits per heavy atom. The zero-order valence-corrected chi connectivity index (χ0v) is 9.21. The fourth-order valence-corrected chi connectivity index (χ4v) is 3.00. The van der Waals surface area contributed by atoms with Crippen LogP contribution in [0.2, 0.25) is 0 Å². The number of hydrogen-bond donors (Lipinski definition) is 1. The van der Waals surface area contributed by atoms with Gasteiger partial charge in [0, 0.05) is 6.04 Å². The molecule has 2 fully saturated rings. The number of nitriles is 1. The summed E-state index contributed by atoms with van der Waals surface area (Å²) in [7, 11) is 0. The molecular formula is C12H20N2. The number of rotatable bonds is 2. The van der Waals surface area contributed by atoms with Gasteiger partial charge in [0.15, 0.2) is 0 Å². The maximum absolute atomic E-state index is 9.27. The predicted molar refractivity (Wildman–Crippen MR) is 56.7 cm³/mol. The molecule has 0 heterocycles. The lowest BCUT2D eigenvalue weighted by atomic mass is 9.61. The van der Waals surface area contributed by atoms with Crippen LogP contribution >= 0.6 is 0 Å². The SMILES string of the molecule is CC1CC(C#N)(NC2CCCC2)C1C. The van der Waals surface area contributed by atoms with Gasteiger partial charge >= 0.3 is 0 Å². The van der Waals surface area contributed by atoms with Crippen molar-refractivity contribution in [2.24, 2.45) is 11.8 Å². The van der Waals surface area contributed by atoms with Crippen LogP contribution in [0, 0.1) is 23.2 Å². The van der Waals surface area contributed by atoms with Crippen molar-refractivity contribution < 1.29 is 0 Å². The number of hydrogen-bond acceptors (Lipinski definition) is 2. The first-order valence-electron chi connectivity index (χ1n) is 5.87. The minimum atomic E-state index is -0.186. The molecule has 0 bridgehead atoms. The lowest BCUT2D eigenvalue weighted by Crippen LogP contribution is -2.62. The van der Waals surface area contributed by atoms with E-state index in [4.69, 9.17) is 0 Å². The van der Waals surface area contributed by atoms with Crippen LogP contribution in [0.1, 0.15) is 46.0 Å². The molecule has 2 aliphatic rings. The van der Waals surface area contributed by atoms with Gasteiger partial charge in [0.2, 0.25) is 0 Å². The molecular weight excluding hydrogens is 172 g/mol. The normalized spacial score (nSPS) is 43.2. The fraction of sp³-hybridized carbons (Fsp3) is 0.917. The number of nitrogens with one attached hydrogen (secondary N) is 1. The Morgan fingerprint density at radius 2 is 1.93 bits per heavy atom. The van der Waals surface area contributed by atoms with Crippen molar-refractivity contribution in [3.05, 3.63) is 0 Å². The molecule has 0 aromatic carbocycles. The third-order valence-corrected chi connectivity index (χ3v) is 4.29. The van der Waals surface area contributed by atoms with Crippen molar-refractivity contribution >= 4 is 0 Å². The molecule has 3 atom stereocenters. The molecule has 2 aliphatic carbocycles. The van der Waals surface area contributed by atoms with Crippen LogP contribution in [-0.2, 0) is 0 Å². The van der Waals surface area contributed by atoms with Gasteiger partial charge in [-0.3, -0.25) is 5.32 Å². The summed E-state index contributed by atoms with van der Waals surface area (Å²) in [6.45, 7) is 4.45. The van der Waals surface area contributed by atoms with E-state index in [9.17, 15) is 5.26 Å². The Hall–Kier alpha value is -0.550. The van der Waals surface area contributed by atoms with Gasteiger partial charge in [-0.2, -0.15) is 5.26 Å². The zero-order chi connectivity index (χ0) is 10.2. The predicted octanol–water partition coefficient (Wildman–Crippen LogP) is 2.46. The Kier molecular flexibility index (Phi) is 2.53. The number of nitrogens with zero attached hydrogens (tertiary/aromatic N) is 1. The van der Waals surface area contributed by atoms with Crippen LogP contribution in [0.3, 0.4) is 0 Å². The standard InChI is InChI=1S/C12H20N2/c1-9-7-12(8-13,10(9)2)14-11-5-3-4-6-11/h9-11,14H,3-7H2,1-2H3. The maximum atomic E-state index is 9.27. The Balaban J connectivity index is 1.97. The molecule has 2 heteroatoms. The molecule has 0 amide bonds. The van der Waals surface area contributed by atoms with Gasteiger partial charge in [0.05, 0.1) is 6.07 Å². The molecule has 0 saturated heterocycles. The van der Waals surface area contributed by atoms with Gasteiger partial charge in [-0.1, -0.05) is 26.7 Å². The van der Waals surface area contributed by atoms with E-state index in [0.29, 0.717) is 17.9 Å². The average Bonchev–Trinajstić information content (AvgIpc) is 2.68. The van der Waals surface area contributed by atoms with Crippen molar-refractivity contribution in [2.75, 3.05) is 0 Å². The second-order valence-corrected chi connectivity index (χ2v) is 5.18. The van der Waals surface area contributed by atoms with Crippen molar-refractivity contribution in [3.63, 3.8) is 0 Å². The Bertz CT molecular complexity index is 250. The highest BCUT2D eigenvalue weighted by molar-refractivity contribution is 5.19. The monoisotopic (exact) mass is 192 g/mol. The minimum Gasteiger partial charge on any atom is -0.296 e. The van der Waals surface area contributed by atoms with E-state index >= 15 is 0 Å².